The molecule has 1 amide bonds. The monoisotopic (exact) mass is 336 g/mol. The highest BCUT2D eigenvalue weighted by atomic mass is 19.1. The summed E-state index contributed by atoms with van der Waals surface area (Å²) in [7, 11) is 1.68. The van der Waals surface area contributed by atoms with Gasteiger partial charge < -0.3 is 4.74 Å². The Kier molecular flexibility index (Phi) is 5.04. The summed E-state index contributed by atoms with van der Waals surface area (Å²) in [6.07, 6.45) is 1.64. The molecule has 0 spiro atoms. The van der Waals surface area contributed by atoms with Gasteiger partial charge in [-0.25, -0.2) is 9.37 Å². The van der Waals surface area contributed by atoms with E-state index in [-0.39, 0.29) is 18.3 Å². The van der Waals surface area contributed by atoms with E-state index >= 15 is 0 Å². The zero-order valence-electron chi connectivity index (χ0n) is 13.7. The van der Waals surface area contributed by atoms with Crippen LogP contribution in [0.5, 0.6) is 5.75 Å². The first-order valence-electron chi connectivity index (χ1n) is 7.80. The molecular formula is C20H17FN2O2. The molecule has 3 aromatic rings. The van der Waals surface area contributed by atoms with Gasteiger partial charge in [0, 0.05) is 24.9 Å². The number of hydrogen-bond donors (Lipinski definition) is 0. The van der Waals surface area contributed by atoms with Crippen molar-refractivity contribution >= 4 is 11.7 Å². The smallest absolute Gasteiger partial charge is 0.259 e. The minimum absolute atomic E-state index is 0.161. The molecule has 0 radical (unpaired) electrons. The first-order valence-corrected chi connectivity index (χ1v) is 7.80. The van der Waals surface area contributed by atoms with E-state index in [4.69, 9.17) is 4.74 Å². The van der Waals surface area contributed by atoms with Gasteiger partial charge in [-0.05, 0) is 42.0 Å². The molecule has 1 heterocycles. The number of amides is 1. The molecule has 1 aromatic heterocycles. The maximum atomic E-state index is 13.2. The van der Waals surface area contributed by atoms with Crippen LogP contribution >= 0.6 is 0 Å². The number of anilines is 1. The number of ether oxygens (including phenoxy) is 1. The van der Waals surface area contributed by atoms with Crippen molar-refractivity contribution in [2.45, 2.75) is 6.61 Å². The van der Waals surface area contributed by atoms with Crippen molar-refractivity contribution in [2.24, 2.45) is 0 Å². The van der Waals surface area contributed by atoms with Crippen LogP contribution in [0.3, 0.4) is 0 Å². The van der Waals surface area contributed by atoms with Gasteiger partial charge in [0.25, 0.3) is 5.91 Å². The lowest BCUT2D eigenvalue weighted by atomic mass is 10.1. The van der Waals surface area contributed by atoms with E-state index < -0.39 is 0 Å². The van der Waals surface area contributed by atoms with Gasteiger partial charge in [0.2, 0.25) is 0 Å². The third-order valence-corrected chi connectivity index (χ3v) is 3.67. The lowest BCUT2D eigenvalue weighted by molar-refractivity contribution is 0.0992. The number of halogens is 1. The van der Waals surface area contributed by atoms with Crippen molar-refractivity contribution in [1.82, 2.24) is 4.98 Å². The van der Waals surface area contributed by atoms with E-state index in [1.165, 1.54) is 17.0 Å². The SMILES string of the molecule is CN(C(=O)c1cccc(COc2cccc(F)c2)c1)c1ccccn1. The number of carbonyl (C=O) groups is 1. The molecular weight excluding hydrogens is 319 g/mol. The molecule has 0 fully saturated rings. The quantitative estimate of drug-likeness (QED) is 0.705. The van der Waals surface area contributed by atoms with E-state index in [9.17, 15) is 9.18 Å². The highest BCUT2D eigenvalue weighted by molar-refractivity contribution is 6.05. The van der Waals surface area contributed by atoms with Gasteiger partial charge in [-0.2, -0.15) is 0 Å². The number of benzene rings is 2. The number of hydrogen-bond acceptors (Lipinski definition) is 3. The largest absolute Gasteiger partial charge is 0.489 e. The number of pyridine rings is 1. The number of carbonyl (C=O) groups excluding carboxylic acids is 1. The second-order valence-electron chi connectivity index (χ2n) is 5.50. The molecule has 0 saturated heterocycles. The fourth-order valence-corrected chi connectivity index (χ4v) is 2.37. The molecule has 126 valence electrons. The molecule has 5 heteroatoms. The van der Waals surface area contributed by atoms with E-state index in [1.807, 2.05) is 12.1 Å². The van der Waals surface area contributed by atoms with Crippen LogP contribution in [-0.4, -0.2) is 17.9 Å². The molecule has 0 bridgehead atoms. The minimum Gasteiger partial charge on any atom is -0.489 e. The molecule has 3 rings (SSSR count). The van der Waals surface area contributed by atoms with Crippen LogP contribution in [0.25, 0.3) is 0 Å². The lowest BCUT2D eigenvalue weighted by Crippen LogP contribution is -2.27. The highest BCUT2D eigenvalue weighted by Gasteiger charge is 2.14. The van der Waals surface area contributed by atoms with Crippen LogP contribution in [0.2, 0.25) is 0 Å². The summed E-state index contributed by atoms with van der Waals surface area (Å²) >= 11 is 0. The summed E-state index contributed by atoms with van der Waals surface area (Å²) < 4.78 is 18.8. The molecule has 4 nitrogen and oxygen atoms in total. The standard InChI is InChI=1S/C20H17FN2O2/c1-23(19-10-2-3-11-22-19)20(24)16-7-4-6-15(12-16)14-25-18-9-5-8-17(21)13-18/h2-13H,14H2,1H3. The normalized spacial score (nSPS) is 10.3. The zero-order valence-corrected chi connectivity index (χ0v) is 13.7. The van der Waals surface area contributed by atoms with E-state index in [1.54, 1.807) is 55.7 Å². The van der Waals surface area contributed by atoms with Gasteiger partial charge in [-0.3, -0.25) is 9.69 Å². The predicted molar refractivity (Wildman–Crippen MR) is 94.1 cm³/mol. The topological polar surface area (TPSA) is 42.4 Å². The van der Waals surface area contributed by atoms with Crippen LogP contribution in [0.1, 0.15) is 15.9 Å². The Bertz CT molecular complexity index is 868. The van der Waals surface area contributed by atoms with Crippen LogP contribution in [0.15, 0.2) is 72.9 Å². The first-order chi connectivity index (χ1) is 12.1. The molecule has 0 aliphatic heterocycles. The molecule has 0 unspecified atom stereocenters. The Hall–Kier alpha value is -3.21. The molecule has 0 aliphatic rings. The number of rotatable bonds is 5. The minimum atomic E-state index is -0.349. The third-order valence-electron chi connectivity index (χ3n) is 3.67. The maximum absolute atomic E-state index is 13.2. The second-order valence-corrected chi connectivity index (χ2v) is 5.50. The maximum Gasteiger partial charge on any atom is 0.259 e. The van der Waals surface area contributed by atoms with Crippen LogP contribution in [0.4, 0.5) is 10.2 Å². The Balaban J connectivity index is 1.71. The van der Waals surface area contributed by atoms with Gasteiger partial charge >= 0.3 is 0 Å². The fourth-order valence-electron chi connectivity index (χ4n) is 2.37. The fraction of sp³-hybridized carbons (Fsp3) is 0.100. The summed E-state index contributed by atoms with van der Waals surface area (Å²) in [6.45, 7) is 0.248. The van der Waals surface area contributed by atoms with Crippen LogP contribution in [0, 0.1) is 5.82 Å². The number of aromatic nitrogens is 1. The molecule has 2 aromatic carbocycles. The van der Waals surface area contributed by atoms with Gasteiger partial charge in [0.05, 0.1) is 0 Å². The van der Waals surface area contributed by atoms with Crippen molar-refractivity contribution in [1.29, 1.82) is 0 Å². The Morgan fingerprint density at radius 1 is 1.08 bits per heavy atom. The molecule has 0 aliphatic carbocycles. The van der Waals surface area contributed by atoms with E-state index in [0.29, 0.717) is 17.1 Å². The zero-order chi connectivity index (χ0) is 17.6. The first kappa shape index (κ1) is 16.6. The van der Waals surface area contributed by atoms with Crippen molar-refractivity contribution in [3.8, 4) is 5.75 Å². The highest BCUT2D eigenvalue weighted by Crippen LogP contribution is 2.16. The lowest BCUT2D eigenvalue weighted by Gasteiger charge is -2.16. The second kappa shape index (κ2) is 7.57. The van der Waals surface area contributed by atoms with Gasteiger partial charge in [0.15, 0.2) is 0 Å². The molecule has 25 heavy (non-hydrogen) atoms. The summed E-state index contributed by atoms with van der Waals surface area (Å²) in [5.74, 6) is 0.515. The van der Waals surface area contributed by atoms with Gasteiger partial charge in [-0.15, -0.1) is 0 Å². The summed E-state index contributed by atoms with van der Waals surface area (Å²) in [6, 6.07) is 18.5. The van der Waals surface area contributed by atoms with E-state index in [2.05, 4.69) is 4.98 Å². The summed E-state index contributed by atoms with van der Waals surface area (Å²) in [5.41, 5.74) is 1.36. The van der Waals surface area contributed by atoms with Crippen molar-refractivity contribution in [3.05, 3.63) is 89.9 Å². The van der Waals surface area contributed by atoms with E-state index in [0.717, 1.165) is 5.56 Å². The average Bonchev–Trinajstić information content (AvgIpc) is 2.66. The van der Waals surface area contributed by atoms with Crippen LogP contribution in [-0.2, 0) is 6.61 Å². The Morgan fingerprint density at radius 3 is 2.68 bits per heavy atom. The summed E-state index contributed by atoms with van der Waals surface area (Å²) in [5, 5.41) is 0. The number of nitrogens with zero attached hydrogens (tertiary/aromatic N) is 2. The van der Waals surface area contributed by atoms with Crippen molar-refractivity contribution in [2.75, 3.05) is 11.9 Å². The average molecular weight is 336 g/mol. The molecule has 0 atom stereocenters. The predicted octanol–water partition coefficient (Wildman–Crippen LogP) is 4.08. The molecule has 0 saturated carbocycles. The van der Waals surface area contributed by atoms with Crippen molar-refractivity contribution < 1.29 is 13.9 Å². The summed E-state index contributed by atoms with van der Waals surface area (Å²) in [4.78, 5) is 18.3. The van der Waals surface area contributed by atoms with Gasteiger partial charge in [-0.1, -0.05) is 24.3 Å². The van der Waals surface area contributed by atoms with Crippen molar-refractivity contribution in [3.63, 3.8) is 0 Å². The molecule has 0 N–H and O–H groups in total. The van der Waals surface area contributed by atoms with Gasteiger partial charge in [0.1, 0.15) is 24.0 Å². The Morgan fingerprint density at radius 2 is 1.92 bits per heavy atom. The Labute approximate surface area is 145 Å². The van der Waals surface area contributed by atoms with Crippen LogP contribution < -0.4 is 9.64 Å². The third kappa shape index (κ3) is 4.20.